The Morgan fingerprint density at radius 2 is 1.68 bits per heavy atom. The maximum atomic E-state index is 11.9. The fourth-order valence-electron chi connectivity index (χ4n) is 1.43. The van der Waals surface area contributed by atoms with Crippen molar-refractivity contribution in [3.05, 3.63) is 68.7 Å². The monoisotopic (exact) mass is 308 g/mol. The van der Waals surface area contributed by atoms with E-state index in [1.807, 2.05) is 0 Å². The van der Waals surface area contributed by atoms with Crippen LogP contribution in [0.4, 0.5) is 0 Å². The van der Waals surface area contributed by atoms with E-state index in [1.54, 1.807) is 36.4 Å². The molecule has 4 heteroatoms. The number of carbonyl (C=O) groups excluding carboxylic acids is 1. The van der Waals surface area contributed by atoms with Crippen molar-refractivity contribution in [1.29, 1.82) is 0 Å². The second kappa shape index (κ2) is 6.12. The Hall–Kier alpha value is -1.46. The highest BCUT2D eigenvalue weighted by atomic mass is 35.5. The van der Waals surface area contributed by atoms with Gasteiger partial charge in [0.25, 0.3) is 0 Å². The molecule has 0 saturated heterocycles. The van der Waals surface area contributed by atoms with E-state index in [-0.39, 0.29) is 10.8 Å². The molecule has 0 amide bonds. The lowest BCUT2D eigenvalue weighted by molar-refractivity contribution is 0.105. The molecular formula is C15H7Cl3O. The molecule has 1 nitrogen and oxygen atoms in total. The summed E-state index contributed by atoms with van der Waals surface area (Å²) in [5.41, 5.74) is 0.924. The van der Waals surface area contributed by atoms with Crippen LogP contribution >= 0.6 is 34.8 Å². The predicted octanol–water partition coefficient (Wildman–Crippen LogP) is 4.88. The van der Waals surface area contributed by atoms with E-state index in [2.05, 4.69) is 11.8 Å². The van der Waals surface area contributed by atoms with Gasteiger partial charge in [-0.2, -0.15) is 0 Å². The average Bonchev–Trinajstić information content (AvgIpc) is 2.37. The number of hydrogen-bond donors (Lipinski definition) is 0. The number of ketones is 1. The molecule has 2 aromatic rings. The van der Waals surface area contributed by atoms with E-state index in [9.17, 15) is 4.79 Å². The zero-order valence-electron chi connectivity index (χ0n) is 9.58. The number of rotatable bonds is 1. The maximum absolute atomic E-state index is 11.9. The lowest BCUT2D eigenvalue weighted by atomic mass is 10.1. The van der Waals surface area contributed by atoms with Crippen LogP contribution in [0.1, 0.15) is 15.9 Å². The largest absolute Gasteiger partial charge is 0.279 e. The molecule has 2 aromatic carbocycles. The standard InChI is InChI=1S/C15H7Cl3O/c16-11-6-7-12(14(18)9-11)15(19)8-5-10-3-1-2-4-13(10)17/h1-4,6-7,9H. The van der Waals surface area contributed by atoms with Crippen molar-refractivity contribution in [1.82, 2.24) is 0 Å². The normalized spacial score (nSPS) is 9.63. The zero-order valence-corrected chi connectivity index (χ0v) is 11.9. The van der Waals surface area contributed by atoms with Crippen LogP contribution in [0.5, 0.6) is 0 Å². The summed E-state index contributed by atoms with van der Waals surface area (Å²) < 4.78 is 0. The summed E-state index contributed by atoms with van der Waals surface area (Å²) in [4.78, 5) is 11.9. The van der Waals surface area contributed by atoms with Gasteiger partial charge >= 0.3 is 0 Å². The van der Waals surface area contributed by atoms with Gasteiger partial charge in [0.2, 0.25) is 5.78 Å². The van der Waals surface area contributed by atoms with Gasteiger partial charge in [-0.1, -0.05) is 52.9 Å². The van der Waals surface area contributed by atoms with Crippen molar-refractivity contribution < 1.29 is 4.79 Å². The van der Waals surface area contributed by atoms with E-state index < -0.39 is 0 Å². The molecule has 2 rings (SSSR count). The van der Waals surface area contributed by atoms with E-state index in [4.69, 9.17) is 34.8 Å². The first-order valence-electron chi connectivity index (χ1n) is 5.34. The molecule has 94 valence electrons. The van der Waals surface area contributed by atoms with Crippen LogP contribution in [0.25, 0.3) is 0 Å². The van der Waals surface area contributed by atoms with Crippen LogP contribution in [0.15, 0.2) is 42.5 Å². The minimum Gasteiger partial charge on any atom is -0.279 e. The molecule has 0 radical (unpaired) electrons. The molecule has 0 aliphatic rings. The highest BCUT2D eigenvalue weighted by Crippen LogP contribution is 2.21. The number of halogens is 3. The summed E-state index contributed by atoms with van der Waals surface area (Å²) in [6.45, 7) is 0. The van der Waals surface area contributed by atoms with Crippen molar-refractivity contribution in [2.75, 3.05) is 0 Å². The van der Waals surface area contributed by atoms with Crippen molar-refractivity contribution in [3.8, 4) is 11.8 Å². The third-order valence-corrected chi connectivity index (χ3v) is 3.24. The first-order valence-corrected chi connectivity index (χ1v) is 6.47. The van der Waals surface area contributed by atoms with Crippen molar-refractivity contribution in [2.45, 2.75) is 0 Å². The van der Waals surface area contributed by atoms with Crippen molar-refractivity contribution in [2.24, 2.45) is 0 Å². The number of Topliss-reactive ketones (excluding diaryl/α,β-unsaturated/α-hetero) is 1. The van der Waals surface area contributed by atoms with Crippen LogP contribution < -0.4 is 0 Å². The molecule has 0 aliphatic carbocycles. The zero-order chi connectivity index (χ0) is 13.8. The minimum atomic E-state index is -0.374. The quantitative estimate of drug-likeness (QED) is 0.542. The molecule has 0 spiro atoms. The van der Waals surface area contributed by atoms with Crippen LogP contribution in [-0.4, -0.2) is 5.78 Å². The third kappa shape index (κ3) is 3.52. The number of carbonyl (C=O) groups is 1. The van der Waals surface area contributed by atoms with Crippen molar-refractivity contribution in [3.63, 3.8) is 0 Å². The fraction of sp³-hybridized carbons (Fsp3) is 0. The smallest absolute Gasteiger partial charge is 0.237 e. The van der Waals surface area contributed by atoms with E-state index in [0.717, 1.165) is 0 Å². The van der Waals surface area contributed by atoms with Crippen molar-refractivity contribution >= 4 is 40.6 Å². The first kappa shape index (κ1) is 14.0. The van der Waals surface area contributed by atoms with Crippen LogP contribution in [0, 0.1) is 11.8 Å². The van der Waals surface area contributed by atoms with Gasteiger partial charge in [-0.05, 0) is 36.3 Å². The summed E-state index contributed by atoms with van der Waals surface area (Å²) in [5.74, 6) is 4.87. The Balaban J connectivity index is 2.30. The van der Waals surface area contributed by atoms with Gasteiger partial charge in [0.05, 0.1) is 10.0 Å². The molecule has 0 atom stereocenters. The molecule has 0 fully saturated rings. The van der Waals surface area contributed by atoms with Gasteiger partial charge in [0.1, 0.15) is 0 Å². The molecule has 0 saturated carbocycles. The number of hydrogen-bond acceptors (Lipinski definition) is 1. The first-order chi connectivity index (χ1) is 9.08. The number of benzene rings is 2. The Labute approximate surface area is 126 Å². The Bertz CT molecular complexity index is 696. The predicted molar refractivity (Wildman–Crippen MR) is 79.1 cm³/mol. The summed E-state index contributed by atoms with van der Waals surface area (Å²) in [5, 5.41) is 1.26. The van der Waals surface area contributed by atoms with Gasteiger partial charge in [-0.15, -0.1) is 0 Å². The second-order valence-electron chi connectivity index (χ2n) is 3.68. The SMILES string of the molecule is O=C(C#Cc1ccccc1Cl)c1ccc(Cl)cc1Cl. The van der Waals surface area contributed by atoms with Gasteiger partial charge in [0, 0.05) is 16.1 Å². The highest BCUT2D eigenvalue weighted by molar-refractivity contribution is 6.37. The van der Waals surface area contributed by atoms with Gasteiger partial charge in [0.15, 0.2) is 0 Å². The minimum absolute atomic E-state index is 0.283. The molecule has 0 aromatic heterocycles. The molecule has 0 N–H and O–H groups in total. The maximum Gasteiger partial charge on any atom is 0.237 e. The Kier molecular flexibility index (Phi) is 4.50. The van der Waals surface area contributed by atoms with Gasteiger partial charge < -0.3 is 0 Å². The average molecular weight is 310 g/mol. The van der Waals surface area contributed by atoms with Crippen LogP contribution in [0.2, 0.25) is 15.1 Å². The molecule has 0 unspecified atom stereocenters. The molecule has 0 heterocycles. The molecule has 19 heavy (non-hydrogen) atoms. The molecule has 0 bridgehead atoms. The van der Waals surface area contributed by atoms with Gasteiger partial charge in [-0.25, -0.2) is 0 Å². The Morgan fingerprint density at radius 1 is 0.947 bits per heavy atom. The third-order valence-electron chi connectivity index (χ3n) is 2.36. The Morgan fingerprint density at radius 3 is 2.37 bits per heavy atom. The van der Waals surface area contributed by atoms with Gasteiger partial charge in [-0.3, -0.25) is 4.79 Å². The van der Waals surface area contributed by atoms with Crippen LogP contribution in [-0.2, 0) is 0 Å². The highest BCUT2D eigenvalue weighted by Gasteiger charge is 2.08. The second-order valence-corrected chi connectivity index (χ2v) is 4.93. The molecular weight excluding hydrogens is 303 g/mol. The summed E-state index contributed by atoms with van der Waals surface area (Å²) in [7, 11) is 0. The van der Waals surface area contributed by atoms with E-state index in [1.165, 1.54) is 6.07 Å². The topological polar surface area (TPSA) is 17.1 Å². The lowest BCUT2D eigenvalue weighted by Gasteiger charge is -1.98. The molecule has 0 aliphatic heterocycles. The fourth-order valence-corrected chi connectivity index (χ4v) is 2.10. The van der Waals surface area contributed by atoms with Crippen LogP contribution in [0.3, 0.4) is 0 Å². The lowest BCUT2D eigenvalue weighted by Crippen LogP contribution is -1.96. The summed E-state index contributed by atoms with van der Waals surface area (Å²) >= 11 is 17.7. The van der Waals surface area contributed by atoms with E-state index in [0.29, 0.717) is 21.2 Å². The summed E-state index contributed by atoms with van der Waals surface area (Å²) in [6, 6.07) is 11.7. The van der Waals surface area contributed by atoms with E-state index >= 15 is 0 Å². The summed E-state index contributed by atoms with van der Waals surface area (Å²) in [6.07, 6.45) is 0.